The zero-order valence-corrected chi connectivity index (χ0v) is 11.7. The average molecular weight is 253 g/mol. The van der Waals surface area contributed by atoms with Crippen molar-refractivity contribution in [1.82, 2.24) is 14.5 Å². The van der Waals surface area contributed by atoms with Crippen LogP contribution in [0.1, 0.15) is 33.6 Å². The summed E-state index contributed by atoms with van der Waals surface area (Å²) in [5.74, 6) is 0. The first-order valence-corrected chi connectivity index (χ1v) is 6.32. The van der Waals surface area contributed by atoms with Gasteiger partial charge in [-0.2, -0.15) is 0 Å². The SMILES string of the molecule is Cn1ccn(CCCCNC(C)(C)C)c(=O)c1=O. The minimum Gasteiger partial charge on any atom is -0.312 e. The van der Waals surface area contributed by atoms with Crippen LogP contribution in [0.25, 0.3) is 0 Å². The Bertz CT molecular complexity index is 494. The number of hydrogen-bond acceptors (Lipinski definition) is 3. The summed E-state index contributed by atoms with van der Waals surface area (Å²) in [6, 6.07) is 0. The van der Waals surface area contributed by atoms with E-state index < -0.39 is 11.1 Å². The lowest BCUT2D eigenvalue weighted by Crippen LogP contribution is -2.39. The molecule has 0 aliphatic carbocycles. The van der Waals surface area contributed by atoms with E-state index in [9.17, 15) is 9.59 Å². The highest BCUT2D eigenvalue weighted by molar-refractivity contribution is 4.84. The molecule has 0 unspecified atom stereocenters. The molecule has 1 rings (SSSR count). The highest BCUT2D eigenvalue weighted by atomic mass is 16.2. The van der Waals surface area contributed by atoms with Crippen molar-refractivity contribution >= 4 is 0 Å². The van der Waals surface area contributed by atoms with Crippen LogP contribution in [0.2, 0.25) is 0 Å². The molecule has 0 saturated carbocycles. The second-order valence-electron chi connectivity index (χ2n) is 5.60. The second kappa shape index (κ2) is 6.00. The van der Waals surface area contributed by atoms with E-state index in [4.69, 9.17) is 0 Å². The Hall–Kier alpha value is -1.36. The van der Waals surface area contributed by atoms with Gasteiger partial charge < -0.3 is 14.5 Å². The molecule has 5 heteroatoms. The van der Waals surface area contributed by atoms with Gasteiger partial charge in [-0.3, -0.25) is 9.59 Å². The number of nitrogens with one attached hydrogen (secondary N) is 1. The Morgan fingerprint density at radius 3 is 2.39 bits per heavy atom. The van der Waals surface area contributed by atoms with Crippen LogP contribution in [0, 0.1) is 0 Å². The van der Waals surface area contributed by atoms with Crippen LogP contribution in [0.5, 0.6) is 0 Å². The summed E-state index contributed by atoms with van der Waals surface area (Å²) in [5.41, 5.74) is -0.784. The number of aromatic nitrogens is 2. The molecule has 0 spiro atoms. The van der Waals surface area contributed by atoms with E-state index in [1.807, 2.05) is 0 Å². The van der Waals surface area contributed by atoms with Gasteiger partial charge in [0.25, 0.3) is 0 Å². The Balaban J connectivity index is 2.44. The van der Waals surface area contributed by atoms with Gasteiger partial charge in [0.15, 0.2) is 0 Å². The monoisotopic (exact) mass is 253 g/mol. The molecule has 1 aromatic rings. The van der Waals surface area contributed by atoms with Gasteiger partial charge in [0.2, 0.25) is 0 Å². The van der Waals surface area contributed by atoms with Crippen LogP contribution in [0.3, 0.4) is 0 Å². The molecule has 0 saturated heterocycles. The van der Waals surface area contributed by atoms with E-state index >= 15 is 0 Å². The number of hydrogen-bond donors (Lipinski definition) is 1. The molecule has 0 aliphatic heterocycles. The van der Waals surface area contributed by atoms with Crippen LogP contribution in [0.4, 0.5) is 0 Å². The zero-order valence-electron chi connectivity index (χ0n) is 11.7. The maximum atomic E-state index is 11.6. The lowest BCUT2D eigenvalue weighted by Gasteiger charge is -2.20. The first kappa shape index (κ1) is 14.7. The van der Waals surface area contributed by atoms with Crippen molar-refractivity contribution in [3.63, 3.8) is 0 Å². The summed E-state index contributed by atoms with van der Waals surface area (Å²) in [6.45, 7) is 7.89. The normalized spacial score (nSPS) is 11.8. The van der Waals surface area contributed by atoms with E-state index in [0.717, 1.165) is 19.4 Å². The molecule has 1 N–H and O–H groups in total. The van der Waals surface area contributed by atoms with Crippen molar-refractivity contribution in [1.29, 1.82) is 0 Å². The Kier molecular flexibility index (Phi) is 4.90. The van der Waals surface area contributed by atoms with Crippen molar-refractivity contribution in [2.75, 3.05) is 6.54 Å². The Morgan fingerprint density at radius 2 is 1.78 bits per heavy atom. The number of nitrogens with zero attached hydrogens (tertiary/aromatic N) is 2. The van der Waals surface area contributed by atoms with Crippen LogP contribution < -0.4 is 16.4 Å². The van der Waals surface area contributed by atoms with Gasteiger partial charge in [0.1, 0.15) is 0 Å². The largest absolute Gasteiger partial charge is 0.316 e. The van der Waals surface area contributed by atoms with Crippen molar-refractivity contribution in [2.45, 2.75) is 45.7 Å². The van der Waals surface area contributed by atoms with Crippen molar-refractivity contribution in [2.24, 2.45) is 7.05 Å². The summed E-state index contributed by atoms with van der Waals surface area (Å²) in [6.07, 6.45) is 5.16. The Morgan fingerprint density at radius 1 is 1.11 bits per heavy atom. The highest BCUT2D eigenvalue weighted by Crippen LogP contribution is 1.99. The van der Waals surface area contributed by atoms with Crippen LogP contribution in [-0.2, 0) is 13.6 Å². The maximum Gasteiger partial charge on any atom is 0.316 e. The molecule has 0 bridgehead atoms. The second-order valence-corrected chi connectivity index (χ2v) is 5.60. The molecule has 0 atom stereocenters. The fourth-order valence-electron chi connectivity index (χ4n) is 1.64. The smallest absolute Gasteiger partial charge is 0.312 e. The zero-order chi connectivity index (χ0) is 13.8. The minimum absolute atomic E-state index is 0.125. The highest BCUT2D eigenvalue weighted by Gasteiger charge is 2.07. The van der Waals surface area contributed by atoms with Gasteiger partial charge >= 0.3 is 11.1 Å². The van der Waals surface area contributed by atoms with Gasteiger partial charge in [-0.1, -0.05) is 0 Å². The van der Waals surface area contributed by atoms with Crippen molar-refractivity contribution in [3.05, 3.63) is 33.1 Å². The third kappa shape index (κ3) is 4.49. The Labute approximate surface area is 107 Å². The van der Waals surface area contributed by atoms with E-state index in [1.54, 1.807) is 19.4 Å². The fourth-order valence-corrected chi connectivity index (χ4v) is 1.64. The summed E-state index contributed by atoms with van der Waals surface area (Å²) in [4.78, 5) is 23.1. The van der Waals surface area contributed by atoms with E-state index in [2.05, 4.69) is 26.1 Å². The van der Waals surface area contributed by atoms with Crippen LogP contribution >= 0.6 is 0 Å². The van der Waals surface area contributed by atoms with Gasteiger partial charge in [-0.25, -0.2) is 0 Å². The molecule has 0 aliphatic rings. The average Bonchev–Trinajstić information content (AvgIpc) is 2.27. The van der Waals surface area contributed by atoms with E-state index in [-0.39, 0.29) is 5.54 Å². The third-order valence-electron chi connectivity index (χ3n) is 2.72. The third-order valence-corrected chi connectivity index (χ3v) is 2.72. The maximum absolute atomic E-state index is 11.6. The molecule has 0 radical (unpaired) electrons. The van der Waals surface area contributed by atoms with Gasteiger partial charge in [0, 0.05) is 31.5 Å². The predicted molar refractivity (Wildman–Crippen MR) is 72.9 cm³/mol. The topological polar surface area (TPSA) is 56.0 Å². The van der Waals surface area contributed by atoms with Gasteiger partial charge in [-0.15, -0.1) is 0 Å². The lowest BCUT2D eigenvalue weighted by atomic mass is 10.1. The predicted octanol–water partition coefficient (Wildman–Crippen LogP) is 0.715. The van der Waals surface area contributed by atoms with Crippen LogP contribution in [0.15, 0.2) is 22.0 Å². The van der Waals surface area contributed by atoms with Gasteiger partial charge in [-0.05, 0) is 40.2 Å². The molecule has 1 heterocycles. The van der Waals surface area contributed by atoms with Crippen LogP contribution in [-0.4, -0.2) is 21.2 Å². The number of aryl methyl sites for hydroxylation is 2. The molecule has 0 aromatic carbocycles. The summed E-state index contributed by atoms with van der Waals surface area (Å²) in [7, 11) is 1.58. The first-order chi connectivity index (χ1) is 8.31. The molecule has 5 nitrogen and oxygen atoms in total. The first-order valence-electron chi connectivity index (χ1n) is 6.32. The molecule has 102 valence electrons. The number of unbranched alkanes of at least 4 members (excludes halogenated alkanes) is 1. The molecular formula is C13H23N3O2. The van der Waals surface area contributed by atoms with Crippen molar-refractivity contribution in [3.8, 4) is 0 Å². The quantitative estimate of drug-likeness (QED) is 0.621. The molecule has 0 amide bonds. The van der Waals surface area contributed by atoms with Gasteiger partial charge in [0.05, 0.1) is 0 Å². The molecular weight excluding hydrogens is 230 g/mol. The standard InChI is InChI=1S/C13H23N3O2/c1-13(2,3)14-7-5-6-8-16-10-9-15(4)11(17)12(16)18/h9-10,14H,5-8H2,1-4H3. The summed E-state index contributed by atoms with van der Waals surface area (Å²) in [5, 5.41) is 3.39. The molecule has 18 heavy (non-hydrogen) atoms. The molecule has 1 aromatic heterocycles. The minimum atomic E-state index is -0.467. The fraction of sp³-hybridized carbons (Fsp3) is 0.692. The summed E-state index contributed by atoms with van der Waals surface area (Å²) >= 11 is 0. The number of rotatable bonds is 5. The van der Waals surface area contributed by atoms with Crippen molar-refractivity contribution < 1.29 is 0 Å². The molecule has 0 fully saturated rings. The van der Waals surface area contributed by atoms with E-state index in [0.29, 0.717) is 6.54 Å². The van der Waals surface area contributed by atoms with E-state index in [1.165, 1.54) is 9.13 Å². The lowest BCUT2D eigenvalue weighted by molar-refractivity contribution is 0.413. The summed E-state index contributed by atoms with van der Waals surface area (Å²) < 4.78 is 2.79.